The highest BCUT2D eigenvalue weighted by molar-refractivity contribution is 7.14. The van der Waals surface area contributed by atoms with Crippen molar-refractivity contribution in [2.45, 2.75) is 12.8 Å². The fraction of sp³-hybridized carbons (Fsp3) is 0.136. The Bertz CT molecular complexity index is 1030. The zero-order valence-electron chi connectivity index (χ0n) is 15.2. The normalized spacial score (nSPS) is 12.9. The number of para-hydroxylation sites is 1. The Kier molecular flexibility index (Phi) is 5.30. The summed E-state index contributed by atoms with van der Waals surface area (Å²) in [4.78, 5) is 30.9. The zero-order chi connectivity index (χ0) is 19.3. The average Bonchev–Trinajstić information content (AvgIpc) is 3.34. The van der Waals surface area contributed by atoms with E-state index in [1.165, 1.54) is 23.0 Å². The van der Waals surface area contributed by atoms with Gasteiger partial charge in [-0.05, 0) is 29.7 Å². The molecule has 140 valence electrons. The molecule has 6 heteroatoms. The van der Waals surface area contributed by atoms with Gasteiger partial charge in [-0.2, -0.15) is 0 Å². The summed E-state index contributed by atoms with van der Waals surface area (Å²) in [5.74, 6) is -0.221. The molecule has 0 bridgehead atoms. The van der Waals surface area contributed by atoms with Crippen molar-refractivity contribution < 1.29 is 9.59 Å². The molecule has 0 aliphatic carbocycles. The fourth-order valence-corrected chi connectivity index (χ4v) is 3.89. The van der Waals surface area contributed by atoms with E-state index in [4.69, 9.17) is 0 Å². The van der Waals surface area contributed by atoms with Gasteiger partial charge in [0.2, 0.25) is 11.8 Å². The number of carbonyl (C=O) groups excluding carboxylic acids is 2. The molecule has 0 saturated carbocycles. The largest absolute Gasteiger partial charge is 0.311 e. The van der Waals surface area contributed by atoms with Gasteiger partial charge in [0, 0.05) is 23.7 Å². The Morgan fingerprint density at radius 1 is 1.11 bits per heavy atom. The van der Waals surface area contributed by atoms with Crippen molar-refractivity contribution in [3.63, 3.8) is 0 Å². The quantitative estimate of drug-likeness (QED) is 0.673. The van der Waals surface area contributed by atoms with E-state index in [9.17, 15) is 9.59 Å². The molecular weight excluding hydrogens is 370 g/mol. The second-order valence-corrected chi connectivity index (χ2v) is 7.34. The first-order valence-corrected chi connectivity index (χ1v) is 9.94. The van der Waals surface area contributed by atoms with Gasteiger partial charge in [0.15, 0.2) is 5.13 Å². The minimum absolute atomic E-state index is 0.0251. The topological polar surface area (TPSA) is 62.3 Å². The van der Waals surface area contributed by atoms with Crippen LogP contribution in [0.1, 0.15) is 16.8 Å². The van der Waals surface area contributed by atoms with Crippen LogP contribution in [-0.4, -0.2) is 23.3 Å². The summed E-state index contributed by atoms with van der Waals surface area (Å²) in [7, 11) is 0. The maximum Gasteiger partial charge on any atom is 0.250 e. The molecule has 0 saturated heterocycles. The first-order valence-electron chi connectivity index (χ1n) is 9.06. The van der Waals surface area contributed by atoms with Crippen molar-refractivity contribution in [3.05, 3.63) is 82.9 Å². The van der Waals surface area contributed by atoms with E-state index in [2.05, 4.69) is 16.4 Å². The summed E-state index contributed by atoms with van der Waals surface area (Å²) in [6, 6.07) is 17.6. The van der Waals surface area contributed by atoms with Gasteiger partial charge >= 0.3 is 0 Å². The van der Waals surface area contributed by atoms with Crippen LogP contribution in [0.3, 0.4) is 0 Å². The molecule has 2 aromatic carbocycles. The van der Waals surface area contributed by atoms with Crippen LogP contribution in [0.4, 0.5) is 10.8 Å². The predicted molar refractivity (Wildman–Crippen MR) is 112 cm³/mol. The first kappa shape index (κ1) is 18.1. The number of hydrogen-bond donors (Lipinski definition) is 1. The van der Waals surface area contributed by atoms with Crippen molar-refractivity contribution in [1.29, 1.82) is 0 Å². The summed E-state index contributed by atoms with van der Waals surface area (Å²) in [5.41, 5.74) is 3.81. The smallest absolute Gasteiger partial charge is 0.250 e. The van der Waals surface area contributed by atoms with Crippen LogP contribution in [0.2, 0.25) is 0 Å². The molecule has 4 rings (SSSR count). The standard InChI is InChI=1S/C22H19N3O2S/c26-20(11-10-16-6-2-1-3-7-16)24-22-23-18(15-28-22)14-21(27)25-13-12-17-8-4-5-9-19(17)25/h1-11,15H,12-14H2,(H,23,24,26)/b11-10+. The maximum absolute atomic E-state index is 12.7. The van der Waals surface area contributed by atoms with Gasteiger partial charge in [0.1, 0.15) is 0 Å². The van der Waals surface area contributed by atoms with Crippen LogP contribution < -0.4 is 10.2 Å². The molecule has 0 fully saturated rings. The third-order valence-corrected chi connectivity index (χ3v) is 5.34. The van der Waals surface area contributed by atoms with Crippen molar-refractivity contribution in [2.24, 2.45) is 0 Å². The molecule has 0 spiro atoms. The van der Waals surface area contributed by atoms with E-state index >= 15 is 0 Å². The number of nitrogens with zero attached hydrogens (tertiary/aromatic N) is 2. The minimum atomic E-state index is -0.246. The highest BCUT2D eigenvalue weighted by Gasteiger charge is 2.24. The van der Waals surface area contributed by atoms with Crippen molar-refractivity contribution in [2.75, 3.05) is 16.8 Å². The molecule has 0 atom stereocenters. The van der Waals surface area contributed by atoms with E-state index in [1.54, 1.807) is 6.08 Å². The van der Waals surface area contributed by atoms with Gasteiger partial charge in [-0.15, -0.1) is 11.3 Å². The summed E-state index contributed by atoms with van der Waals surface area (Å²) in [5, 5.41) is 5.06. The zero-order valence-corrected chi connectivity index (χ0v) is 16.0. The van der Waals surface area contributed by atoms with Gasteiger partial charge in [-0.25, -0.2) is 4.98 Å². The van der Waals surface area contributed by atoms with E-state index in [0.717, 1.165) is 17.7 Å². The van der Waals surface area contributed by atoms with Crippen LogP contribution in [0.5, 0.6) is 0 Å². The Hall–Kier alpha value is -3.25. The van der Waals surface area contributed by atoms with Crippen LogP contribution in [0.25, 0.3) is 6.08 Å². The second-order valence-electron chi connectivity index (χ2n) is 6.48. The highest BCUT2D eigenvalue weighted by Crippen LogP contribution is 2.28. The average molecular weight is 389 g/mol. The molecule has 1 aliphatic heterocycles. The molecular formula is C22H19N3O2S. The van der Waals surface area contributed by atoms with E-state index in [1.807, 2.05) is 58.8 Å². The number of hydrogen-bond acceptors (Lipinski definition) is 4. The SMILES string of the molecule is O=C(/C=C/c1ccccc1)Nc1nc(CC(=O)N2CCc3ccccc32)cs1. The Morgan fingerprint density at radius 2 is 1.89 bits per heavy atom. The van der Waals surface area contributed by atoms with E-state index in [0.29, 0.717) is 17.4 Å². The summed E-state index contributed by atoms with van der Waals surface area (Å²) in [6.45, 7) is 0.705. The van der Waals surface area contributed by atoms with Gasteiger partial charge in [0.05, 0.1) is 12.1 Å². The van der Waals surface area contributed by atoms with Crippen molar-refractivity contribution in [1.82, 2.24) is 4.98 Å². The number of anilines is 2. The summed E-state index contributed by atoms with van der Waals surface area (Å²) < 4.78 is 0. The van der Waals surface area contributed by atoms with Crippen LogP contribution >= 0.6 is 11.3 Å². The Balaban J connectivity index is 1.35. The Labute approximate surface area is 167 Å². The van der Waals surface area contributed by atoms with Crippen LogP contribution in [0, 0.1) is 0 Å². The van der Waals surface area contributed by atoms with Crippen LogP contribution in [0.15, 0.2) is 66.1 Å². The third-order valence-electron chi connectivity index (χ3n) is 4.53. The lowest BCUT2D eigenvalue weighted by atomic mass is 10.2. The lowest BCUT2D eigenvalue weighted by molar-refractivity contribution is -0.118. The number of nitrogens with one attached hydrogen (secondary N) is 1. The molecule has 28 heavy (non-hydrogen) atoms. The number of aromatic nitrogens is 1. The van der Waals surface area contributed by atoms with Gasteiger partial charge in [0.25, 0.3) is 0 Å². The molecule has 5 nitrogen and oxygen atoms in total. The molecule has 1 N–H and O–H groups in total. The molecule has 3 aromatic rings. The monoisotopic (exact) mass is 389 g/mol. The lowest BCUT2D eigenvalue weighted by Gasteiger charge is -2.16. The predicted octanol–water partition coefficient (Wildman–Crippen LogP) is 3.93. The first-order chi connectivity index (χ1) is 13.7. The summed E-state index contributed by atoms with van der Waals surface area (Å²) in [6.07, 6.45) is 4.33. The minimum Gasteiger partial charge on any atom is -0.311 e. The number of benzene rings is 2. The maximum atomic E-state index is 12.7. The number of carbonyl (C=O) groups is 2. The van der Waals surface area contributed by atoms with Gasteiger partial charge in [-0.1, -0.05) is 48.5 Å². The van der Waals surface area contributed by atoms with Crippen molar-refractivity contribution >= 4 is 40.0 Å². The van der Waals surface area contributed by atoms with Gasteiger partial charge < -0.3 is 4.90 Å². The lowest BCUT2D eigenvalue weighted by Crippen LogP contribution is -2.30. The third kappa shape index (κ3) is 4.18. The summed E-state index contributed by atoms with van der Waals surface area (Å²) >= 11 is 1.32. The molecule has 1 aliphatic rings. The molecule has 0 radical (unpaired) electrons. The fourth-order valence-electron chi connectivity index (χ4n) is 3.18. The second kappa shape index (κ2) is 8.19. The van der Waals surface area contributed by atoms with Crippen molar-refractivity contribution in [3.8, 4) is 0 Å². The molecule has 0 unspecified atom stereocenters. The van der Waals surface area contributed by atoms with E-state index in [-0.39, 0.29) is 18.2 Å². The number of rotatable bonds is 5. The Morgan fingerprint density at radius 3 is 2.75 bits per heavy atom. The highest BCUT2D eigenvalue weighted by atomic mass is 32.1. The molecule has 2 heterocycles. The van der Waals surface area contributed by atoms with Crippen LogP contribution in [-0.2, 0) is 22.4 Å². The number of fused-ring (bicyclic) bond motifs is 1. The number of amides is 2. The molecule has 2 amide bonds. The molecule has 1 aromatic heterocycles. The van der Waals surface area contributed by atoms with Gasteiger partial charge in [-0.3, -0.25) is 14.9 Å². The van der Waals surface area contributed by atoms with E-state index < -0.39 is 0 Å². The number of thiazole rings is 1.